The minimum Gasteiger partial charge on any atom is -0.496 e. The maximum Gasteiger partial charge on any atom is 0.323 e. The number of esters is 1. The van der Waals surface area contributed by atoms with Gasteiger partial charge in [-0.25, -0.2) is 0 Å². The highest BCUT2D eigenvalue weighted by atomic mass is 16.5. The first kappa shape index (κ1) is 20.8. The molecule has 2 aromatic carbocycles. The Balaban J connectivity index is 2.07. The summed E-state index contributed by atoms with van der Waals surface area (Å²) in [4.78, 5) is 11.7. The van der Waals surface area contributed by atoms with Crippen molar-refractivity contribution in [3.05, 3.63) is 59.2 Å². The van der Waals surface area contributed by atoms with Crippen molar-refractivity contribution >= 4 is 5.97 Å². The van der Waals surface area contributed by atoms with Crippen LogP contribution in [0.4, 0.5) is 0 Å². The first-order valence-electron chi connectivity index (χ1n) is 9.25. The van der Waals surface area contributed by atoms with E-state index in [1.54, 1.807) is 14.0 Å². The average molecular weight is 371 g/mol. The molecule has 0 aromatic heterocycles. The Labute approximate surface area is 161 Å². The largest absolute Gasteiger partial charge is 0.496 e. The predicted molar refractivity (Wildman–Crippen MR) is 106 cm³/mol. The molecular weight excluding hydrogens is 342 g/mol. The third-order valence-electron chi connectivity index (χ3n) is 4.33. The second-order valence-electron chi connectivity index (χ2n) is 6.72. The fourth-order valence-corrected chi connectivity index (χ4v) is 2.77. The summed E-state index contributed by atoms with van der Waals surface area (Å²) in [6.45, 7) is 6.78. The molecule has 5 nitrogen and oxygen atoms in total. The Morgan fingerprint density at radius 3 is 2.41 bits per heavy atom. The summed E-state index contributed by atoms with van der Waals surface area (Å²) in [5.41, 5.74) is 9.03. The van der Waals surface area contributed by atoms with E-state index < -0.39 is 12.0 Å². The van der Waals surface area contributed by atoms with Crippen LogP contribution in [0, 0.1) is 0 Å². The summed E-state index contributed by atoms with van der Waals surface area (Å²) in [6.07, 6.45) is 0.402. The van der Waals surface area contributed by atoms with Crippen LogP contribution in [0.1, 0.15) is 43.4 Å². The van der Waals surface area contributed by atoms with Gasteiger partial charge in [-0.3, -0.25) is 4.79 Å². The monoisotopic (exact) mass is 371 g/mol. The lowest BCUT2D eigenvalue weighted by Gasteiger charge is -2.15. The highest BCUT2D eigenvalue weighted by molar-refractivity contribution is 5.75. The van der Waals surface area contributed by atoms with Gasteiger partial charge in [0.25, 0.3) is 0 Å². The van der Waals surface area contributed by atoms with Crippen LogP contribution in [0.25, 0.3) is 0 Å². The molecule has 0 saturated heterocycles. The number of hydrogen-bond donors (Lipinski definition) is 1. The van der Waals surface area contributed by atoms with Gasteiger partial charge in [-0.15, -0.1) is 0 Å². The molecule has 2 aromatic rings. The lowest BCUT2D eigenvalue weighted by Crippen LogP contribution is -2.34. The highest BCUT2D eigenvalue weighted by Crippen LogP contribution is 2.24. The predicted octanol–water partition coefficient (Wildman–Crippen LogP) is 3.83. The average Bonchev–Trinajstić information content (AvgIpc) is 2.67. The molecule has 0 amide bonds. The van der Waals surface area contributed by atoms with Gasteiger partial charge >= 0.3 is 5.97 Å². The Bertz CT molecular complexity index is 740. The smallest absolute Gasteiger partial charge is 0.323 e. The quantitative estimate of drug-likeness (QED) is 0.678. The summed E-state index contributed by atoms with van der Waals surface area (Å²) < 4.78 is 16.3. The summed E-state index contributed by atoms with van der Waals surface area (Å²) in [5.74, 6) is 1.63. The molecular formula is C22H29NO4. The summed E-state index contributed by atoms with van der Waals surface area (Å²) in [5, 5.41) is 0. The number of ether oxygens (including phenoxy) is 3. The zero-order valence-electron chi connectivity index (χ0n) is 16.5. The van der Waals surface area contributed by atoms with Gasteiger partial charge in [-0.2, -0.15) is 0 Å². The molecule has 1 unspecified atom stereocenters. The number of hydrogen-bond acceptors (Lipinski definition) is 5. The topological polar surface area (TPSA) is 70.8 Å². The molecule has 1 atom stereocenters. The molecule has 0 aliphatic rings. The van der Waals surface area contributed by atoms with E-state index in [4.69, 9.17) is 19.9 Å². The second-order valence-corrected chi connectivity index (χ2v) is 6.72. The Kier molecular flexibility index (Phi) is 7.67. The van der Waals surface area contributed by atoms with E-state index in [2.05, 4.69) is 26.0 Å². The molecule has 0 aliphatic carbocycles. The van der Waals surface area contributed by atoms with Gasteiger partial charge in [0.2, 0.25) is 0 Å². The van der Waals surface area contributed by atoms with Crippen molar-refractivity contribution in [3.8, 4) is 11.5 Å². The zero-order chi connectivity index (χ0) is 19.8. The van der Waals surface area contributed by atoms with Crippen LogP contribution in [0.3, 0.4) is 0 Å². The van der Waals surface area contributed by atoms with E-state index in [1.807, 2.05) is 30.3 Å². The van der Waals surface area contributed by atoms with E-state index in [0.29, 0.717) is 25.6 Å². The number of rotatable bonds is 9. The van der Waals surface area contributed by atoms with E-state index in [9.17, 15) is 4.79 Å². The van der Waals surface area contributed by atoms with Crippen LogP contribution < -0.4 is 15.2 Å². The van der Waals surface area contributed by atoms with Crippen molar-refractivity contribution < 1.29 is 19.0 Å². The number of carbonyl (C=O) groups is 1. The van der Waals surface area contributed by atoms with E-state index >= 15 is 0 Å². The summed E-state index contributed by atoms with van der Waals surface area (Å²) >= 11 is 0. The number of benzene rings is 2. The minimum atomic E-state index is -0.685. The molecule has 0 aliphatic heterocycles. The van der Waals surface area contributed by atoms with Gasteiger partial charge < -0.3 is 19.9 Å². The van der Waals surface area contributed by atoms with Crippen LogP contribution in [0.5, 0.6) is 11.5 Å². The standard InChI is InChI=1S/C22H29NO4/c1-5-26-22(24)20(23)13-16-6-11-21(25-4)18(12-16)14-27-19-9-7-17(8-10-19)15(2)3/h6-12,15,20H,5,13-14,23H2,1-4H3. The lowest BCUT2D eigenvalue weighted by atomic mass is 10.0. The van der Waals surface area contributed by atoms with Gasteiger partial charge in [-0.05, 0) is 54.7 Å². The molecule has 27 heavy (non-hydrogen) atoms. The van der Waals surface area contributed by atoms with Gasteiger partial charge in [0.1, 0.15) is 24.1 Å². The fourth-order valence-electron chi connectivity index (χ4n) is 2.77. The minimum absolute atomic E-state index is 0.323. The Morgan fingerprint density at radius 2 is 1.81 bits per heavy atom. The van der Waals surface area contributed by atoms with Gasteiger partial charge in [-0.1, -0.05) is 32.0 Å². The summed E-state index contributed by atoms with van der Waals surface area (Å²) in [6, 6.07) is 13.1. The number of nitrogens with two attached hydrogens (primary N) is 1. The molecule has 5 heteroatoms. The van der Waals surface area contributed by atoms with Crippen molar-refractivity contribution in [2.75, 3.05) is 13.7 Å². The first-order chi connectivity index (χ1) is 12.9. The highest BCUT2D eigenvalue weighted by Gasteiger charge is 2.16. The molecule has 2 N–H and O–H groups in total. The Hall–Kier alpha value is -2.53. The van der Waals surface area contributed by atoms with Crippen LogP contribution >= 0.6 is 0 Å². The van der Waals surface area contributed by atoms with Crippen molar-refractivity contribution in [2.45, 2.75) is 45.8 Å². The molecule has 2 rings (SSSR count). The number of methoxy groups -OCH3 is 1. The van der Waals surface area contributed by atoms with Crippen LogP contribution in [-0.2, 0) is 22.6 Å². The van der Waals surface area contributed by atoms with Gasteiger partial charge in [0.15, 0.2) is 0 Å². The molecule has 0 fully saturated rings. The van der Waals surface area contributed by atoms with Crippen molar-refractivity contribution in [1.29, 1.82) is 0 Å². The fraction of sp³-hybridized carbons (Fsp3) is 0.409. The van der Waals surface area contributed by atoms with E-state index in [1.165, 1.54) is 5.56 Å². The van der Waals surface area contributed by atoms with Crippen LogP contribution in [-0.4, -0.2) is 25.7 Å². The first-order valence-corrected chi connectivity index (χ1v) is 9.25. The number of carbonyl (C=O) groups excluding carboxylic acids is 1. The molecule has 0 bridgehead atoms. The summed E-state index contributed by atoms with van der Waals surface area (Å²) in [7, 11) is 1.63. The third-order valence-corrected chi connectivity index (χ3v) is 4.33. The van der Waals surface area contributed by atoms with Gasteiger partial charge in [0.05, 0.1) is 13.7 Å². The molecule has 0 spiro atoms. The second kappa shape index (κ2) is 9.97. The Morgan fingerprint density at radius 1 is 1.11 bits per heavy atom. The van der Waals surface area contributed by atoms with Crippen molar-refractivity contribution in [2.24, 2.45) is 5.73 Å². The molecule has 0 radical (unpaired) electrons. The molecule has 0 heterocycles. The van der Waals surface area contributed by atoms with Crippen molar-refractivity contribution in [1.82, 2.24) is 0 Å². The van der Waals surface area contributed by atoms with E-state index in [-0.39, 0.29) is 0 Å². The van der Waals surface area contributed by atoms with Crippen molar-refractivity contribution in [3.63, 3.8) is 0 Å². The molecule has 0 saturated carbocycles. The zero-order valence-corrected chi connectivity index (χ0v) is 16.5. The maximum absolute atomic E-state index is 11.7. The maximum atomic E-state index is 11.7. The van der Waals surface area contributed by atoms with Gasteiger partial charge in [0, 0.05) is 5.56 Å². The molecule has 146 valence electrons. The normalized spacial score (nSPS) is 11.9. The van der Waals surface area contributed by atoms with E-state index in [0.717, 1.165) is 22.6 Å². The van der Waals surface area contributed by atoms with Crippen LogP contribution in [0.15, 0.2) is 42.5 Å². The SMILES string of the molecule is CCOC(=O)C(N)Cc1ccc(OC)c(COc2ccc(C(C)C)cc2)c1. The third kappa shape index (κ3) is 6.00. The van der Waals surface area contributed by atoms with Crippen LogP contribution in [0.2, 0.25) is 0 Å². The lowest BCUT2D eigenvalue weighted by molar-refractivity contribution is -0.144.